The van der Waals surface area contributed by atoms with Crippen molar-refractivity contribution in [2.75, 3.05) is 5.32 Å². The van der Waals surface area contributed by atoms with E-state index in [0.717, 1.165) is 17.5 Å². The van der Waals surface area contributed by atoms with Crippen LogP contribution >= 0.6 is 0 Å². The number of amides is 1. The molecule has 0 unspecified atom stereocenters. The van der Waals surface area contributed by atoms with Gasteiger partial charge in [-0.1, -0.05) is 19.1 Å². The maximum absolute atomic E-state index is 12.4. The first-order chi connectivity index (χ1) is 11.5. The molecule has 0 aliphatic carbocycles. The van der Waals surface area contributed by atoms with Gasteiger partial charge in [-0.2, -0.15) is 0 Å². The first kappa shape index (κ1) is 16.0. The fourth-order valence-corrected chi connectivity index (χ4v) is 2.54. The summed E-state index contributed by atoms with van der Waals surface area (Å²) in [4.78, 5) is 24.6. The van der Waals surface area contributed by atoms with Crippen LogP contribution in [0.4, 0.5) is 5.69 Å². The van der Waals surface area contributed by atoms with E-state index >= 15 is 0 Å². The van der Waals surface area contributed by atoms with E-state index in [2.05, 4.69) is 12.2 Å². The van der Waals surface area contributed by atoms with E-state index in [-0.39, 0.29) is 11.2 Å². The van der Waals surface area contributed by atoms with Crippen molar-refractivity contribution in [3.63, 3.8) is 0 Å². The first-order valence-electron chi connectivity index (χ1n) is 7.93. The molecule has 1 N–H and O–H groups in total. The highest BCUT2D eigenvalue weighted by Crippen LogP contribution is 2.19. The number of benzene rings is 2. The predicted octanol–water partition coefficient (Wildman–Crippen LogP) is 4.22. The highest BCUT2D eigenvalue weighted by Gasteiger charge is 2.13. The molecule has 0 aliphatic heterocycles. The van der Waals surface area contributed by atoms with Crippen LogP contribution in [0.25, 0.3) is 11.0 Å². The molecule has 1 heterocycles. The van der Waals surface area contributed by atoms with Crippen LogP contribution in [-0.2, 0) is 6.42 Å². The molecule has 4 heteroatoms. The molecular weight excluding hydrogens is 302 g/mol. The van der Waals surface area contributed by atoms with Crippen molar-refractivity contribution in [1.82, 2.24) is 0 Å². The van der Waals surface area contributed by atoms with Gasteiger partial charge < -0.3 is 9.73 Å². The summed E-state index contributed by atoms with van der Waals surface area (Å²) in [6, 6.07) is 12.4. The van der Waals surface area contributed by atoms with Crippen LogP contribution in [0.5, 0.6) is 0 Å². The second-order valence-corrected chi connectivity index (χ2v) is 5.91. The summed E-state index contributed by atoms with van der Waals surface area (Å²) in [5, 5.41) is 3.24. The molecule has 24 heavy (non-hydrogen) atoms. The van der Waals surface area contributed by atoms with Gasteiger partial charge in [-0.05, 0) is 61.2 Å². The van der Waals surface area contributed by atoms with Crippen LogP contribution in [0.15, 0.2) is 51.7 Å². The number of hydrogen-bond acceptors (Lipinski definition) is 3. The van der Waals surface area contributed by atoms with Crippen molar-refractivity contribution >= 4 is 22.6 Å². The van der Waals surface area contributed by atoms with Crippen molar-refractivity contribution in [3.05, 3.63) is 75.1 Å². The number of carbonyl (C=O) groups excluding carboxylic acids is 1. The maximum atomic E-state index is 12.4. The molecule has 0 saturated heterocycles. The lowest BCUT2D eigenvalue weighted by molar-refractivity contribution is 0.0997. The SMILES string of the molecule is CCc1ccc(NC(=O)c2cc(=O)c3cc(C)c(C)cc3o2)cc1. The van der Waals surface area contributed by atoms with E-state index in [0.29, 0.717) is 16.7 Å². The summed E-state index contributed by atoms with van der Waals surface area (Å²) >= 11 is 0. The average Bonchev–Trinajstić information content (AvgIpc) is 2.57. The predicted molar refractivity (Wildman–Crippen MR) is 95.7 cm³/mol. The second-order valence-electron chi connectivity index (χ2n) is 5.91. The molecule has 0 atom stereocenters. The summed E-state index contributed by atoms with van der Waals surface area (Å²) in [6.07, 6.45) is 0.937. The molecule has 1 aromatic heterocycles. The van der Waals surface area contributed by atoms with Gasteiger partial charge in [0, 0.05) is 11.8 Å². The van der Waals surface area contributed by atoms with Gasteiger partial charge in [-0.15, -0.1) is 0 Å². The Hall–Kier alpha value is -2.88. The molecular formula is C20H19NO3. The molecule has 3 aromatic rings. The van der Waals surface area contributed by atoms with Gasteiger partial charge in [0.2, 0.25) is 0 Å². The van der Waals surface area contributed by atoms with Crippen molar-refractivity contribution in [1.29, 1.82) is 0 Å². The zero-order valence-corrected chi connectivity index (χ0v) is 14.0. The Morgan fingerprint density at radius 2 is 1.71 bits per heavy atom. The largest absolute Gasteiger partial charge is 0.451 e. The zero-order chi connectivity index (χ0) is 17.3. The number of anilines is 1. The van der Waals surface area contributed by atoms with E-state index < -0.39 is 5.91 Å². The first-order valence-corrected chi connectivity index (χ1v) is 7.93. The van der Waals surface area contributed by atoms with Gasteiger partial charge in [0.1, 0.15) is 5.58 Å². The summed E-state index contributed by atoms with van der Waals surface area (Å²) < 4.78 is 5.65. The van der Waals surface area contributed by atoms with E-state index in [4.69, 9.17) is 4.42 Å². The number of aryl methyl sites for hydroxylation is 3. The Morgan fingerprint density at radius 3 is 2.38 bits per heavy atom. The van der Waals surface area contributed by atoms with Gasteiger partial charge in [-0.25, -0.2) is 0 Å². The van der Waals surface area contributed by atoms with Crippen LogP contribution < -0.4 is 10.7 Å². The molecule has 0 saturated carbocycles. The van der Waals surface area contributed by atoms with E-state index in [1.165, 1.54) is 11.6 Å². The maximum Gasteiger partial charge on any atom is 0.291 e. The monoisotopic (exact) mass is 321 g/mol. The van der Waals surface area contributed by atoms with Gasteiger partial charge in [0.15, 0.2) is 11.2 Å². The molecule has 0 fully saturated rings. The molecule has 122 valence electrons. The van der Waals surface area contributed by atoms with Crippen LogP contribution in [0.2, 0.25) is 0 Å². The Labute approximate surface area is 140 Å². The molecule has 0 radical (unpaired) electrons. The lowest BCUT2D eigenvalue weighted by Crippen LogP contribution is -2.15. The van der Waals surface area contributed by atoms with Gasteiger partial charge in [0.25, 0.3) is 5.91 Å². The van der Waals surface area contributed by atoms with Gasteiger partial charge in [0.05, 0.1) is 5.39 Å². The summed E-state index contributed by atoms with van der Waals surface area (Å²) in [7, 11) is 0. The van der Waals surface area contributed by atoms with Crippen LogP contribution in [-0.4, -0.2) is 5.91 Å². The number of carbonyl (C=O) groups is 1. The van der Waals surface area contributed by atoms with Crippen LogP contribution in [0, 0.1) is 13.8 Å². The molecule has 2 aromatic carbocycles. The van der Waals surface area contributed by atoms with E-state index in [1.807, 2.05) is 38.1 Å². The summed E-state index contributed by atoms with van der Waals surface area (Å²) in [5.41, 5.74) is 4.10. The minimum absolute atomic E-state index is 0.00956. The molecule has 0 bridgehead atoms. The minimum Gasteiger partial charge on any atom is -0.451 e. The van der Waals surface area contributed by atoms with E-state index in [1.54, 1.807) is 12.1 Å². The molecule has 0 aliphatic rings. The second kappa shape index (κ2) is 6.32. The molecule has 0 spiro atoms. The Morgan fingerprint density at radius 1 is 1.04 bits per heavy atom. The molecule has 3 rings (SSSR count). The topological polar surface area (TPSA) is 59.3 Å². The van der Waals surface area contributed by atoms with Crippen molar-refractivity contribution in [2.45, 2.75) is 27.2 Å². The van der Waals surface area contributed by atoms with Crippen molar-refractivity contribution < 1.29 is 9.21 Å². The normalized spacial score (nSPS) is 10.8. The standard InChI is InChI=1S/C20H19NO3/c1-4-14-5-7-15(8-6-14)21-20(23)19-11-17(22)16-9-12(2)13(3)10-18(16)24-19/h5-11H,4H2,1-3H3,(H,21,23). The quantitative estimate of drug-likeness (QED) is 0.785. The summed E-state index contributed by atoms with van der Waals surface area (Å²) in [6.45, 7) is 5.95. The Bertz CT molecular complexity index is 969. The van der Waals surface area contributed by atoms with Gasteiger partial charge >= 0.3 is 0 Å². The number of nitrogens with one attached hydrogen (secondary N) is 1. The highest BCUT2D eigenvalue weighted by molar-refractivity contribution is 6.03. The number of fused-ring (bicyclic) bond motifs is 1. The fourth-order valence-electron chi connectivity index (χ4n) is 2.54. The number of rotatable bonds is 3. The third-order valence-electron chi connectivity index (χ3n) is 4.19. The van der Waals surface area contributed by atoms with Crippen molar-refractivity contribution in [2.24, 2.45) is 0 Å². The Balaban J connectivity index is 1.94. The van der Waals surface area contributed by atoms with Crippen molar-refractivity contribution in [3.8, 4) is 0 Å². The Kier molecular flexibility index (Phi) is 4.21. The van der Waals surface area contributed by atoms with E-state index in [9.17, 15) is 9.59 Å². The third-order valence-corrected chi connectivity index (χ3v) is 4.19. The number of hydrogen-bond donors (Lipinski definition) is 1. The van der Waals surface area contributed by atoms with Crippen LogP contribution in [0.1, 0.15) is 34.2 Å². The highest BCUT2D eigenvalue weighted by atomic mass is 16.3. The smallest absolute Gasteiger partial charge is 0.291 e. The minimum atomic E-state index is -0.434. The average molecular weight is 321 g/mol. The molecule has 1 amide bonds. The fraction of sp³-hybridized carbons (Fsp3) is 0.200. The van der Waals surface area contributed by atoms with Gasteiger partial charge in [-0.3, -0.25) is 9.59 Å². The summed E-state index contributed by atoms with van der Waals surface area (Å²) in [5.74, 6) is -0.424. The lowest BCUT2D eigenvalue weighted by Gasteiger charge is -2.07. The molecule has 4 nitrogen and oxygen atoms in total. The third kappa shape index (κ3) is 3.08. The lowest BCUT2D eigenvalue weighted by atomic mass is 10.1. The van der Waals surface area contributed by atoms with Crippen LogP contribution in [0.3, 0.4) is 0 Å². The zero-order valence-electron chi connectivity index (χ0n) is 14.0.